The molecule has 0 N–H and O–H groups in total. The number of rotatable bonds is 7. The van der Waals surface area contributed by atoms with Crippen LogP contribution in [0.1, 0.15) is 0 Å². The minimum atomic E-state index is 0.868. The first-order valence-corrected chi connectivity index (χ1v) is 19.8. The smallest absolute Gasteiger partial charge is 0.145 e. The maximum atomic E-state index is 6.82. The van der Waals surface area contributed by atoms with Crippen molar-refractivity contribution in [2.24, 2.45) is 0 Å². The molecule has 1 heterocycles. The minimum Gasteiger partial charge on any atom is -0.455 e. The lowest BCUT2D eigenvalue weighted by Gasteiger charge is -2.27. The lowest BCUT2D eigenvalue weighted by molar-refractivity contribution is 0.670. The summed E-state index contributed by atoms with van der Waals surface area (Å²) in [5.74, 6) is 0. The number of anilines is 3. The molecule has 0 amide bonds. The molecule has 0 fully saturated rings. The van der Waals surface area contributed by atoms with E-state index in [1.165, 1.54) is 54.9 Å². The van der Waals surface area contributed by atoms with Gasteiger partial charge in [0.25, 0.3) is 0 Å². The molecule has 0 unspecified atom stereocenters. The normalized spacial score (nSPS) is 11.4. The highest BCUT2D eigenvalue weighted by molar-refractivity contribution is 6.17. The zero-order valence-corrected chi connectivity index (χ0v) is 31.7. The Bertz CT molecular complexity index is 3250. The Kier molecular flexibility index (Phi) is 8.19. The SMILES string of the molecule is c1ccc(-c2ccc(-c3ccc(N(c4ccc(-c5ccc6ccccc6c5)cc4)c4ccc(-c5ccc6ccccc6c5)c5oc6ccccc6c45)cc3)cc2)cc1. The zero-order chi connectivity index (χ0) is 38.4. The van der Waals surface area contributed by atoms with Crippen molar-refractivity contribution in [3.05, 3.63) is 224 Å². The van der Waals surface area contributed by atoms with Crippen molar-refractivity contribution in [3.8, 4) is 44.5 Å². The second kappa shape index (κ2) is 14.1. The van der Waals surface area contributed by atoms with Gasteiger partial charge in [-0.1, -0.05) is 170 Å². The highest BCUT2D eigenvalue weighted by atomic mass is 16.3. The molecule has 2 heteroatoms. The molecule has 272 valence electrons. The van der Waals surface area contributed by atoms with Crippen molar-refractivity contribution >= 4 is 60.5 Å². The summed E-state index contributed by atoms with van der Waals surface area (Å²) in [7, 11) is 0. The molecule has 0 saturated carbocycles. The van der Waals surface area contributed by atoms with Gasteiger partial charge in [0, 0.05) is 22.3 Å². The Morgan fingerprint density at radius 3 is 1.38 bits per heavy atom. The van der Waals surface area contributed by atoms with Gasteiger partial charge in [-0.05, 0) is 115 Å². The van der Waals surface area contributed by atoms with Gasteiger partial charge in [-0.2, -0.15) is 0 Å². The molecular formula is C56H37NO. The number of furan rings is 1. The van der Waals surface area contributed by atoms with E-state index < -0.39 is 0 Å². The van der Waals surface area contributed by atoms with Gasteiger partial charge in [-0.15, -0.1) is 0 Å². The van der Waals surface area contributed by atoms with E-state index in [1.807, 2.05) is 0 Å². The number of hydrogen-bond donors (Lipinski definition) is 0. The lowest BCUT2D eigenvalue weighted by atomic mass is 9.97. The van der Waals surface area contributed by atoms with Gasteiger partial charge >= 0.3 is 0 Å². The summed E-state index contributed by atoms with van der Waals surface area (Å²) in [5, 5.41) is 7.08. The summed E-state index contributed by atoms with van der Waals surface area (Å²) in [6.45, 7) is 0. The second-order valence-electron chi connectivity index (χ2n) is 14.9. The summed E-state index contributed by atoms with van der Waals surface area (Å²) in [6.07, 6.45) is 0. The molecule has 10 aromatic carbocycles. The maximum absolute atomic E-state index is 6.82. The molecule has 0 aliphatic carbocycles. The monoisotopic (exact) mass is 739 g/mol. The van der Waals surface area contributed by atoms with Crippen LogP contribution in [0, 0.1) is 0 Å². The third-order valence-electron chi connectivity index (χ3n) is 11.5. The van der Waals surface area contributed by atoms with Gasteiger partial charge in [0.1, 0.15) is 11.2 Å². The van der Waals surface area contributed by atoms with Gasteiger partial charge in [0.15, 0.2) is 0 Å². The lowest BCUT2D eigenvalue weighted by Crippen LogP contribution is -2.10. The fourth-order valence-corrected chi connectivity index (χ4v) is 8.47. The summed E-state index contributed by atoms with van der Waals surface area (Å²) < 4.78 is 6.82. The van der Waals surface area contributed by atoms with Gasteiger partial charge in [0.2, 0.25) is 0 Å². The van der Waals surface area contributed by atoms with Crippen molar-refractivity contribution < 1.29 is 4.42 Å². The molecular weight excluding hydrogens is 703 g/mol. The van der Waals surface area contributed by atoms with Crippen LogP contribution in [0.4, 0.5) is 17.1 Å². The summed E-state index contributed by atoms with van der Waals surface area (Å²) in [6, 6.07) is 80.6. The van der Waals surface area contributed by atoms with Crippen LogP contribution < -0.4 is 4.90 Å². The fourth-order valence-electron chi connectivity index (χ4n) is 8.47. The van der Waals surface area contributed by atoms with E-state index >= 15 is 0 Å². The molecule has 0 aliphatic rings. The molecule has 11 rings (SSSR count). The van der Waals surface area contributed by atoms with Crippen molar-refractivity contribution in [3.63, 3.8) is 0 Å². The van der Waals surface area contributed by atoms with Gasteiger partial charge in [-0.25, -0.2) is 0 Å². The van der Waals surface area contributed by atoms with Gasteiger partial charge in [-0.3, -0.25) is 0 Å². The van der Waals surface area contributed by atoms with E-state index in [4.69, 9.17) is 4.42 Å². The van der Waals surface area contributed by atoms with E-state index in [0.29, 0.717) is 0 Å². The van der Waals surface area contributed by atoms with Crippen molar-refractivity contribution in [2.45, 2.75) is 0 Å². The van der Waals surface area contributed by atoms with Crippen LogP contribution >= 0.6 is 0 Å². The topological polar surface area (TPSA) is 16.4 Å². The molecule has 1 aromatic heterocycles. The van der Waals surface area contributed by atoms with Crippen LogP contribution in [0.3, 0.4) is 0 Å². The standard InChI is InChI=1S/C56H37NO/c1-2-10-38(11-3-1)41-18-20-42(21-19-41)43-26-30-49(31-27-43)57(50-32-28-44(29-33-50)47-24-22-39-12-4-6-14-45(39)36-47)53-35-34-51(48-25-23-40-13-5-7-15-46(40)37-48)56-55(53)52-16-8-9-17-54(52)58-56/h1-37H. The molecule has 0 atom stereocenters. The van der Waals surface area contributed by atoms with Crippen LogP contribution in [-0.4, -0.2) is 0 Å². The molecule has 0 aliphatic heterocycles. The molecule has 0 spiro atoms. The fraction of sp³-hybridized carbons (Fsp3) is 0. The molecule has 58 heavy (non-hydrogen) atoms. The Balaban J connectivity index is 1.06. The van der Waals surface area contributed by atoms with E-state index in [0.717, 1.165) is 50.1 Å². The van der Waals surface area contributed by atoms with E-state index in [1.54, 1.807) is 0 Å². The van der Waals surface area contributed by atoms with Crippen LogP contribution in [0.25, 0.3) is 88.0 Å². The van der Waals surface area contributed by atoms with Crippen molar-refractivity contribution in [1.29, 1.82) is 0 Å². The largest absolute Gasteiger partial charge is 0.455 e. The summed E-state index contributed by atoms with van der Waals surface area (Å²) in [4.78, 5) is 2.38. The summed E-state index contributed by atoms with van der Waals surface area (Å²) in [5.41, 5.74) is 14.3. The zero-order valence-electron chi connectivity index (χ0n) is 31.7. The quantitative estimate of drug-likeness (QED) is 0.162. The van der Waals surface area contributed by atoms with E-state index in [-0.39, 0.29) is 0 Å². The maximum Gasteiger partial charge on any atom is 0.145 e. The number of nitrogens with zero attached hydrogens (tertiary/aromatic N) is 1. The molecule has 11 aromatic rings. The highest BCUT2D eigenvalue weighted by Crippen LogP contribution is 2.47. The van der Waals surface area contributed by atoms with Crippen LogP contribution in [0.15, 0.2) is 229 Å². The number of para-hydroxylation sites is 1. The van der Waals surface area contributed by atoms with Crippen molar-refractivity contribution in [2.75, 3.05) is 4.90 Å². The number of benzene rings is 10. The Labute approximate surface area is 337 Å². The average Bonchev–Trinajstić information content (AvgIpc) is 3.70. The van der Waals surface area contributed by atoms with Crippen molar-refractivity contribution in [1.82, 2.24) is 0 Å². The first kappa shape index (κ1) is 33.6. The predicted molar refractivity (Wildman–Crippen MR) is 245 cm³/mol. The third-order valence-corrected chi connectivity index (χ3v) is 11.5. The van der Waals surface area contributed by atoms with E-state index in [2.05, 4.69) is 229 Å². The number of hydrogen-bond acceptors (Lipinski definition) is 2. The average molecular weight is 740 g/mol. The molecule has 0 bridgehead atoms. The summed E-state index contributed by atoms with van der Waals surface area (Å²) >= 11 is 0. The minimum absolute atomic E-state index is 0.868. The Morgan fingerprint density at radius 2 is 0.759 bits per heavy atom. The second-order valence-corrected chi connectivity index (χ2v) is 14.9. The highest BCUT2D eigenvalue weighted by Gasteiger charge is 2.22. The number of fused-ring (bicyclic) bond motifs is 5. The van der Waals surface area contributed by atoms with E-state index in [9.17, 15) is 0 Å². The Morgan fingerprint density at radius 1 is 0.310 bits per heavy atom. The third kappa shape index (κ3) is 6.00. The first-order valence-electron chi connectivity index (χ1n) is 19.8. The molecule has 2 nitrogen and oxygen atoms in total. The van der Waals surface area contributed by atoms with Crippen LogP contribution in [0.5, 0.6) is 0 Å². The van der Waals surface area contributed by atoms with Gasteiger partial charge in [0.05, 0.1) is 11.1 Å². The van der Waals surface area contributed by atoms with Gasteiger partial charge < -0.3 is 9.32 Å². The first-order chi connectivity index (χ1) is 28.7. The predicted octanol–water partition coefficient (Wildman–Crippen LogP) is 16.0. The molecule has 0 radical (unpaired) electrons. The van der Waals surface area contributed by atoms with Crippen LogP contribution in [0.2, 0.25) is 0 Å². The Hall–Kier alpha value is -7.68. The van der Waals surface area contributed by atoms with Crippen LogP contribution in [-0.2, 0) is 0 Å². The molecule has 0 saturated heterocycles.